The molecule has 0 aromatic carbocycles. The number of aliphatic carboxylic acids is 1. The highest BCUT2D eigenvalue weighted by molar-refractivity contribution is 5.73. The highest BCUT2D eigenvalue weighted by Gasteiger charge is 2.15. The number of ether oxygens (including phenoxy) is 1. The van der Waals surface area contributed by atoms with Crippen molar-refractivity contribution in [1.82, 2.24) is 0 Å². The van der Waals surface area contributed by atoms with E-state index in [1.807, 2.05) is 13.8 Å². The molecule has 0 rings (SSSR count). The van der Waals surface area contributed by atoms with E-state index in [0.717, 1.165) is 6.42 Å². The molecule has 0 aliphatic rings. The van der Waals surface area contributed by atoms with Crippen LogP contribution >= 0.6 is 0 Å². The lowest BCUT2D eigenvalue weighted by atomic mass is 10.1. The third-order valence-electron chi connectivity index (χ3n) is 1.51. The van der Waals surface area contributed by atoms with Crippen LogP contribution in [0.1, 0.15) is 26.7 Å². The number of carbonyl (C=O) groups is 1. The van der Waals surface area contributed by atoms with E-state index in [1.54, 1.807) is 0 Å². The summed E-state index contributed by atoms with van der Waals surface area (Å²) in [6, 6.07) is -0.808. The maximum absolute atomic E-state index is 10.3. The zero-order valence-electron chi connectivity index (χ0n) is 7.62. The Morgan fingerprint density at radius 2 is 2.25 bits per heavy atom. The molecule has 12 heavy (non-hydrogen) atoms. The fourth-order valence-electron chi connectivity index (χ4n) is 0.845. The Bertz CT molecular complexity index is 138. The summed E-state index contributed by atoms with van der Waals surface area (Å²) in [5, 5.41) is 8.48. The molecule has 0 aromatic heterocycles. The normalized spacial score (nSPS) is 15.6. The van der Waals surface area contributed by atoms with Crippen LogP contribution in [0.2, 0.25) is 0 Å². The van der Waals surface area contributed by atoms with E-state index in [0.29, 0.717) is 13.0 Å². The van der Waals surface area contributed by atoms with Gasteiger partial charge in [-0.15, -0.1) is 0 Å². The van der Waals surface area contributed by atoms with E-state index in [9.17, 15) is 4.79 Å². The van der Waals surface area contributed by atoms with Gasteiger partial charge < -0.3 is 15.6 Å². The smallest absolute Gasteiger partial charge is 0.320 e. The molecule has 4 nitrogen and oxygen atoms in total. The Balaban J connectivity index is 3.53. The second-order valence-electron chi connectivity index (χ2n) is 2.86. The van der Waals surface area contributed by atoms with Crippen LogP contribution in [-0.2, 0) is 9.53 Å². The number of carboxylic acids is 1. The van der Waals surface area contributed by atoms with Gasteiger partial charge in [-0.1, -0.05) is 6.92 Å². The van der Waals surface area contributed by atoms with Crippen molar-refractivity contribution >= 4 is 5.97 Å². The predicted molar refractivity (Wildman–Crippen MR) is 45.9 cm³/mol. The van der Waals surface area contributed by atoms with Gasteiger partial charge in [0, 0.05) is 6.61 Å². The lowest BCUT2D eigenvalue weighted by Crippen LogP contribution is -2.34. The highest BCUT2D eigenvalue weighted by atomic mass is 16.5. The van der Waals surface area contributed by atoms with Crippen molar-refractivity contribution in [1.29, 1.82) is 0 Å². The number of hydrogen-bond donors (Lipinski definition) is 2. The molecule has 0 aliphatic heterocycles. The van der Waals surface area contributed by atoms with Crippen LogP contribution in [0, 0.1) is 0 Å². The fourth-order valence-corrected chi connectivity index (χ4v) is 0.845. The molecule has 3 N–H and O–H groups in total. The first-order valence-corrected chi connectivity index (χ1v) is 4.18. The summed E-state index contributed by atoms with van der Waals surface area (Å²) in [6.07, 6.45) is 1.23. The average Bonchev–Trinajstić information content (AvgIpc) is 2.00. The minimum atomic E-state index is -0.970. The molecular weight excluding hydrogens is 158 g/mol. The Hall–Kier alpha value is -0.610. The molecule has 0 saturated carbocycles. The Kier molecular flexibility index (Phi) is 5.66. The van der Waals surface area contributed by atoms with Crippen LogP contribution in [0.3, 0.4) is 0 Å². The molecule has 0 bridgehead atoms. The first-order chi connectivity index (χ1) is 5.57. The number of carboxylic acid groups (broad SMARTS) is 1. The summed E-state index contributed by atoms with van der Waals surface area (Å²) in [4.78, 5) is 10.3. The van der Waals surface area contributed by atoms with E-state index < -0.39 is 12.0 Å². The van der Waals surface area contributed by atoms with Gasteiger partial charge >= 0.3 is 5.97 Å². The van der Waals surface area contributed by atoms with Crippen molar-refractivity contribution in [2.75, 3.05) is 6.61 Å². The van der Waals surface area contributed by atoms with Crippen molar-refractivity contribution in [3.63, 3.8) is 0 Å². The molecule has 0 aromatic rings. The van der Waals surface area contributed by atoms with Gasteiger partial charge in [0.05, 0.1) is 6.10 Å². The zero-order chi connectivity index (χ0) is 9.56. The van der Waals surface area contributed by atoms with Gasteiger partial charge in [-0.05, 0) is 19.8 Å². The lowest BCUT2D eigenvalue weighted by molar-refractivity contribution is -0.139. The molecule has 0 aliphatic carbocycles. The van der Waals surface area contributed by atoms with Gasteiger partial charge in [0.2, 0.25) is 0 Å². The van der Waals surface area contributed by atoms with Gasteiger partial charge in [-0.25, -0.2) is 0 Å². The van der Waals surface area contributed by atoms with Crippen LogP contribution in [0.5, 0.6) is 0 Å². The Morgan fingerprint density at radius 3 is 2.67 bits per heavy atom. The van der Waals surface area contributed by atoms with Gasteiger partial charge in [0.25, 0.3) is 0 Å². The molecule has 0 saturated heterocycles. The summed E-state index contributed by atoms with van der Waals surface area (Å²) in [5.41, 5.74) is 5.31. The van der Waals surface area contributed by atoms with Crippen molar-refractivity contribution in [2.24, 2.45) is 5.73 Å². The molecule has 1 unspecified atom stereocenters. The third kappa shape index (κ3) is 5.09. The Labute approximate surface area is 72.7 Å². The molecule has 0 radical (unpaired) electrons. The summed E-state index contributed by atoms with van der Waals surface area (Å²) in [7, 11) is 0. The van der Waals surface area contributed by atoms with E-state index in [-0.39, 0.29) is 6.10 Å². The number of nitrogens with two attached hydrogens (primary N) is 1. The summed E-state index contributed by atoms with van der Waals surface area (Å²) in [5.74, 6) is -0.970. The van der Waals surface area contributed by atoms with Crippen LogP contribution in [0.4, 0.5) is 0 Å². The van der Waals surface area contributed by atoms with E-state index >= 15 is 0 Å². The standard InChI is InChI=1S/C8H17NO3/c1-3-4-12-6(2)5-7(9)8(10)11/h6-7H,3-5,9H2,1-2H3,(H,10,11)/t6?,7-/m1/s1. The molecule has 0 fully saturated rings. The summed E-state index contributed by atoms with van der Waals surface area (Å²) in [6.45, 7) is 4.50. The second-order valence-corrected chi connectivity index (χ2v) is 2.86. The first kappa shape index (κ1) is 11.4. The van der Waals surface area contributed by atoms with E-state index in [2.05, 4.69) is 0 Å². The molecule has 72 valence electrons. The van der Waals surface area contributed by atoms with E-state index in [4.69, 9.17) is 15.6 Å². The second kappa shape index (κ2) is 5.97. The van der Waals surface area contributed by atoms with Gasteiger partial charge in [0.1, 0.15) is 6.04 Å². The van der Waals surface area contributed by atoms with Crippen LogP contribution in [-0.4, -0.2) is 29.8 Å². The molecule has 4 heteroatoms. The van der Waals surface area contributed by atoms with Crippen LogP contribution in [0.25, 0.3) is 0 Å². The lowest BCUT2D eigenvalue weighted by Gasteiger charge is -2.14. The SMILES string of the molecule is CCCOC(C)C[C@@H](N)C(=O)O. The molecule has 0 spiro atoms. The maximum Gasteiger partial charge on any atom is 0.320 e. The molecule has 0 amide bonds. The molecule has 0 heterocycles. The average molecular weight is 175 g/mol. The Morgan fingerprint density at radius 1 is 1.67 bits per heavy atom. The monoisotopic (exact) mass is 175 g/mol. The van der Waals surface area contributed by atoms with Gasteiger partial charge in [0.15, 0.2) is 0 Å². The van der Waals surface area contributed by atoms with Gasteiger partial charge in [-0.3, -0.25) is 4.79 Å². The van der Waals surface area contributed by atoms with Crippen LogP contribution in [0.15, 0.2) is 0 Å². The maximum atomic E-state index is 10.3. The number of hydrogen-bond acceptors (Lipinski definition) is 3. The number of rotatable bonds is 6. The largest absolute Gasteiger partial charge is 0.480 e. The minimum absolute atomic E-state index is 0.0731. The summed E-state index contributed by atoms with van der Waals surface area (Å²) >= 11 is 0. The topological polar surface area (TPSA) is 72.5 Å². The molecule has 2 atom stereocenters. The quantitative estimate of drug-likeness (QED) is 0.620. The summed E-state index contributed by atoms with van der Waals surface area (Å²) < 4.78 is 5.27. The van der Waals surface area contributed by atoms with Gasteiger partial charge in [-0.2, -0.15) is 0 Å². The van der Waals surface area contributed by atoms with Crippen LogP contribution < -0.4 is 5.73 Å². The molecular formula is C8H17NO3. The fraction of sp³-hybridized carbons (Fsp3) is 0.875. The van der Waals surface area contributed by atoms with Crippen molar-refractivity contribution in [2.45, 2.75) is 38.8 Å². The predicted octanol–water partition coefficient (Wildman–Crippen LogP) is 0.603. The highest BCUT2D eigenvalue weighted by Crippen LogP contribution is 2.01. The van der Waals surface area contributed by atoms with Crippen molar-refractivity contribution in [3.05, 3.63) is 0 Å². The van der Waals surface area contributed by atoms with Crippen molar-refractivity contribution < 1.29 is 14.6 Å². The van der Waals surface area contributed by atoms with E-state index in [1.165, 1.54) is 0 Å². The first-order valence-electron chi connectivity index (χ1n) is 4.18. The minimum Gasteiger partial charge on any atom is -0.480 e. The third-order valence-corrected chi connectivity index (χ3v) is 1.51. The zero-order valence-corrected chi connectivity index (χ0v) is 7.62. The van der Waals surface area contributed by atoms with Crippen molar-refractivity contribution in [3.8, 4) is 0 Å².